The van der Waals surface area contributed by atoms with Crippen LogP contribution in [0.5, 0.6) is 0 Å². The van der Waals surface area contributed by atoms with Crippen LogP contribution < -0.4 is 4.90 Å². The van der Waals surface area contributed by atoms with Gasteiger partial charge in [0.1, 0.15) is 6.04 Å². The number of hydrogen-bond acceptors (Lipinski definition) is 7. The number of amides is 3. The van der Waals surface area contributed by atoms with Gasteiger partial charge >= 0.3 is 0 Å². The Balaban J connectivity index is 1.24. The third kappa shape index (κ3) is 11.2. The number of nitrogens with zero attached hydrogens (tertiary/aromatic N) is 5. The summed E-state index contributed by atoms with van der Waals surface area (Å²) in [6, 6.07) is 32.5. The fourth-order valence-electron chi connectivity index (χ4n) is 7.59. The molecule has 10 nitrogen and oxygen atoms in total. The predicted octanol–water partition coefficient (Wildman–Crippen LogP) is 6.05. The van der Waals surface area contributed by atoms with Gasteiger partial charge in [-0.1, -0.05) is 99.6 Å². The Kier molecular flexibility index (Phi) is 13.5. The van der Waals surface area contributed by atoms with Crippen LogP contribution in [0.2, 0.25) is 0 Å². The minimum atomic E-state index is -3.27. The lowest BCUT2D eigenvalue weighted by Gasteiger charge is -2.39. The van der Waals surface area contributed by atoms with Gasteiger partial charge in [-0.05, 0) is 63.6 Å². The lowest BCUT2D eigenvalue weighted by molar-refractivity contribution is -0.145. The Morgan fingerprint density at radius 1 is 0.707 bits per heavy atom. The molecular weight excluding hydrogens is 747 g/mol. The second-order valence-corrected chi connectivity index (χ2v) is 18.6. The van der Waals surface area contributed by atoms with Gasteiger partial charge in [0, 0.05) is 96.8 Å². The van der Waals surface area contributed by atoms with E-state index in [9.17, 15) is 22.8 Å². The standard InChI is InChI=1S/C47H57N5O5S/c1-36(53)49-29-31-50(32-30-49)42-20-13-40(14-21-42)35-52(45(54)24-17-37-11-18-41(19-12-37)47(2,3)4)44(33-38-9-7-6-8-10-38)46(55)51-27-25-48(26-28-51)34-39-15-22-43(23-16-39)58(5,56)57/h6-24,44H,25-35H2,1-5H3/t44-/m0/s1. The molecule has 0 unspecified atom stereocenters. The Labute approximate surface area is 344 Å². The van der Waals surface area contributed by atoms with Crippen molar-refractivity contribution in [3.05, 3.63) is 137 Å². The number of carbonyl (C=O) groups excluding carboxylic acids is 3. The van der Waals surface area contributed by atoms with Crippen LogP contribution in [0.3, 0.4) is 0 Å². The maximum Gasteiger partial charge on any atom is 0.247 e. The molecule has 11 heteroatoms. The first kappa shape index (κ1) is 42.3. The summed E-state index contributed by atoms with van der Waals surface area (Å²) >= 11 is 0. The predicted molar refractivity (Wildman–Crippen MR) is 231 cm³/mol. The van der Waals surface area contributed by atoms with Crippen LogP contribution in [-0.2, 0) is 49.1 Å². The monoisotopic (exact) mass is 803 g/mol. The zero-order valence-electron chi connectivity index (χ0n) is 34.5. The van der Waals surface area contributed by atoms with Gasteiger partial charge < -0.3 is 19.6 Å². The van der Waals surface area contributed by atoms with E-state index < -0.39 is 15.9 Å². The summed E-state index contributed by atoms with van der Waals surface area (Å²) in [5, 5.41) is 0. The van der Waals surface area contributed by atoms with Crippen LogP contribution in [0, 0.1) is 0 Å². The Morgan fingerprint density at radius 2 is 1.29 bits per heavy atom. The summed E-state index contributed by atoms with van der Waals surface area (Å²) in [6.45, 7) is 14.2. The summed E-state index contributed by atoms with van der Waals surface area (Å²) < 4.78 is 23.9. The molecule has 4 aromatic carbocycles. The van der Waals surface area contributed by atoms with E-state index in [2.05, 4.69) is 54.8 Å². The van der Waals surface area contributed by atoms with Crippen LogP contribution in [0.15, 0.2) is 114 Å². The number of rotatable bonds is 12. The molecule has 2 aliphatic heterocycles. The van der Waals surface area contributed by atoms with Crippen molar-refractivity contribution < 1.29 is 22.8 Å². The molecule has 3 amide bonds. The van der Waals surface area contributed by atoms with Crippen molar-refractivity contribution in [3.8, 4) is 0 Å². The second kappa shape index (κ2) is 18.6. The average molecular weight is 804 g/mol. The number of carbonyl (C=O) groups is 3. The topological polar surface area (TPSA) is 102 Å². The molecule has 4 aromatic rings. The van der Waals surface area contributed by atoms with Crippen molar-refractivity contribution in [3.63, 3.8) is 0 Å². The molecule has 0 aromatic heterocycles. The summed E-state index contributed by atoms with van der Waals surface area (Å²) in [7, 11) is -3.27. The fraction of sp³-hybridized carbons (Fsp3) is 0.383. The molecule has 0 saturated carbocycles. The number of hydrogen-bond donors (Lipinski definition) is 0. The molecule has 0 N–H and O–H groups in total. The molecule has 0 aliphatic carbocycles. The van der Waals surface area contributed by atoms with Crippen LogP contribution in [0.1, 0.15) is 55.5 Å². The highest BCUT2D eigenvalue weighted by Crippen LogP contribution is 2.24. The fourth-order valence-corrected chi connectivity index (χ4v) is 8.22. The summed E-state index contributed by atoms with van der Waals surface area (Å²) in [4.78, 5) is 51.5. The van der Waals surface area contributed by atoms with Gasteiger partial charge in [-0.25, -0.2) is 8.42 Å². The molecule has 2 fully saturated rings. The molecular formula is C47H57N5O5S. The first-order valence-corrected chi connectivity index (χ1v) is 22.1. The smallest absolute Gasteiger partial charge is 0.247 e. The Hall–Kier alpha value is -5.26. The van der Waals surface area contributed by atoms with Crippen LogP contribution in [0.25, 0.3) is 6.08 Å². The van der Waals surface area contributed by atoms with Crippen LogP contribution in [0.4, 0.5) is 5.69 Å². The van der Waals surface area contributed by atoms with Gasteiger partial charge in [0.15, 0.2) is 9.84 Å². The second-order valence-electron chi connectivity index (χ2n) is 16.6. The van der Waals surface area contributed by atoms with E-state index in [1.807, 2.05) is 82.6 Å². The molecule has 306 valence electrons. The van der Waals surface area contributed by atoms with Gasteiger partial charge in [0.2, 0.25) is 17.7 Å². The molecule has 58 heavy (non-hydrogen) atoms. The molecule has 2 saturated heterocycles. The summed E-state index contributed by atoms with van der Waals surface area (Å²) in [6.07, 6.45) is 4.99. The van der Waals surface area contributed by atoms with Crippen molar-refractivity contribution in [2.75, 3.05) is 63.5 Å². The highest BCUT2D eigenvalue weighted by atomic mass is 32.2. The van der Waals surface area contributed by atoms with E-state index >= 15 is 0 Å². The van der Waals surface area contributed by atoms with Crippen molar-refractivity contribution in [2.24, 2.45) is 0 Å². The lowest BCUT2D eigenvalue weighted by Crippen LogP contribution is -2.56. The lowest BCUT2D eigenvalue weighted by atomic mass is 9.87. The number of sulfone groups is 1. The number of piperazine rings is 2. The SMILES string of the molecule is CC(=O)N1CCN(c2ccc(CN(C(=O)C=Cc3ccc(C(C)(C)C)cc3)[C@@H](Cc3ccccc3)C(=O)N3CCN(Cc4ccc(S(C)(=O)=O)cc4)CC3)cc2)CC1. The third-order valence-corrected chi connectivity index (χ3v) is 12.4. The molecule has 0 radical (unpaired) electrons. The van der Waals surface area contributed by atoms with E-state index in [1.54, 1.807) is 30.0 Å². The van der Waals surface area contributed by atoms with Gasteiger partial charge in [-0.2, -0.15) is 0 Å². The minimum absolute atomic E-state index is 0.00938. The van der Waals surface area contributed by atoms with E-state index in [0.29, 0.717) is 57.1 Å². The first-order valence-electron chi connectivity index (χ1n) is 20.2. The maximum atomic E-state index is 14.8. The van der Waals surface area contributed by atoms with Gasteiger partial charge in [-0.3, -0.25) is 19.3 Å². The molecule has 2 aliphatic rings. The summed E-state index contributed by atoms with van der Waals surface area (Å²) in [5.41, 5.74) is 6.08. The Morgan fingerprint density at radius 3 is 1.86 bits per heavy atom. The Bertz CT molecular complexity index is 2150. The van der Waals surface area contributed by atoms with Gasteiger partial charge in [-0.15, -0.1) is 0 Å². The zero-order valence-corrected chi connectivity index (χ0v) is 35.3. The van der Waals surface area contributed by atoms with Crippen LogP contribution in [-0.4, -0.2) is 110 Å². The van der Waals surface area contributed by atoms with Crippen molar-refractivity contribution >= 4 is 39.3 Å². The normalized spacial score (nSPS) is 16.1. The minimum Gasteiger partial charge on any atom is -0.368 e. The van der Waals surface area contributed by atoms with Crippen molar-refractivity contribution in [1.82, 2.24) is 19.6 Å². The van der Waals surface area contributed by atoms with Crippen molar-refractivity contribution in [2.45, 2.75) is 63.6 Å². The highest BCUT2D eigenvalue weighted by molar-refractivity contribution is 7.90. The average Bonchev–Trinajstić information content (AvgIpc) is 3.21. The van der Waals surface area contributed by atoms with E-state index in [4.69, 9.17) is 0 Å². The molecule has 1 atom stereocenters. The van der Waals surface area contributed by atoms with E-state index in [-0.39, 0.29) is 29.7 Å². The van der Waals surface area contributed by atoms with E-state index in [1.165, 1.54) is 11.8 Å². The zero-order chi connectivity index (χ0) is 41.5. The van der Waals surface area contributed by atoms with Gasteiger partial charge in [0.05, 0.1) is 4.90 Å². The molecule has 0 spiro atoms. The van der Waals surface area contributed by atoms with Crippen LogP contribution >= 0.6 is 0 Å². The van der Waals surface area contributed by atoms with Crippen molar-refractivity contribution in [1.29, 1.82) is 0 Å². The molecule has 6 rings (SSSR count). The third-order valence-electron chi connectivity index (χ3n) is 11.2. The van der Waals surface area contributed by atoms with Gasteiger partial charge in [0.25, 0.3) is 0 Å². The largest absolute Gasteiger partial charge is 0.368 e. The quantitative estimate of drug-likeness (QED) is 0.161. The van der Waals surface area contributed by atoms with E-state index in [0.717, 1.165) is 41.0 Å². The number of anilines is 1. The highest BCUT2D eigenvalue weighted by Gasteiger charge is 2.34. The number of benzene rings is 4. The first-order chi connectivity index (χ1) is 27.6. The summed E-state index contributed by atoms with van der Waals surface area (Å²) in [5.74, 6) is -0.233. The maximum absolute atomic E-state index is 14.8. The molecule has 2 heterocycles. The molecule has 0 bridgehead atoms.